The van der Waals surface area contributed by atoms with Crippen LogP contribution in [0.2, 0.25) is 5.02 Å². The van der Waals surface area contributed by atoms with Gasteiger partial charge in [-0.3, -0.25) is 14.2 Å². The minimum Gasteiger partial charge on any atom is -0.332 e. The highest BCUT2D eigenvalue weighted by Gasteiger charge is 2.33. The van der Waals surface area contributed by atoms with Gasteiger partial charge in [-0.15, -0.1) is 0 Å². The number of carbonyl (C=O) groups is 1. The van der Waals surface area contributed by atoms with Crippen molar-refractivity contribution in [3.8, 4) is 5.69 Å². The molecule has 1 atom stereocenters. The molecule has 1 fully saturated rings. The van der Waals surface area contributed by atoms with E-state index in [4.69, 9.17) is 16.6 Å². The summed E-state index contributed by atoms with van der Waals surface area (Å²) in [6.45, 7) is 6.76. The van der Waals surface area contributed by atoms with E-state index in [9.17, 15) is 14.0 Å². The van der Waals surface area contributed by atoms with Gasteiger partial charge in [-0.1, -0.05) is 63.8 Å². The van der Waals surface area contributed by atoms with Crippen LogP contribution in [0.4, 0.5) is 4.39 Å². The lowest BCUT2D eigenvalue weighted by molar-refractivity contribution is -0.140. The monoisotopic (exact) mass is 497 g/mol. The van der Waals surface area contributed by atoms with Gasteiger partial charge in [0, 0.05) is 12.5 Å². The molecule has 0 bridgehead atoms. The number of para-hydroxylation sites is 1. The lowest BCUT2D eigenvalue weighted by atomic mass is 9.87. The van der Waals surface area contributed by atoms with Crippen LogP contribution in [-0.4, -0.2) is 26.9 Å². The highest BCUT2D eigenvalue weighted by Crippen LogP contribution is 2.32. The Morgan fingerprint density at radius 1 is 1.17 bits per heavy atom. The van der Waals surface area contributed by atoms with Crippen molar-refractivity contribution < 1.29 is 9.18 Å². The number of aromatic nitrogens is 2. The van der Waals surface area contributed by atoms with Crippen molar-refractivity contribution in [2.75, 3.05) is 6.54 Å². The van der Waals surface area contributed by atoms with Gasteiger partial charge >= 0.3 is 0 Å². The van der Waals surface area contributed by atoms with Crippen molar-refractivity contribution in [3.05, 3.63) is 69.5 Å². The Kier molecular flexibility index (Phi) is 7.90. The summed E-state index contributed by atoms with van der Waals surface area (Å²) in [7, 11) is 0. The minimum atomic E-state index is -0.556. The van der Waals surface area contributed by atoms with E-state index in [-0.39, 0.29) is 28.3 Å². The van der Waals surface area contributed by atoms with E-state index in [1.54, 1.807) is 12.1 Å². The Balaban J connectivity index is 1.92. The highest BCUT2D eigenvalue weighted by molar-refractivity contribution is 6.30. The molecule has 4 rings (SSSR count). The maximum Gasteiger partial charge on any atom is 0.266 e. The topological polar surface area (TPSA) is 55.2 Å². The molecule has 0 aliphatic heterocycles. The van der Waals surface area contributed by atoms with Gasteiger partial charge in [0.25, 0.3) is 5.56 Å². The Hall–Kier alpha value is -2.73. The molecule has 2 aromatic carbocycles. The van der Waals surface area contributed by atoms with E-state index in [0.717, 1.165) is 25.7 Å². The van der Waals surface area contributed by atoms with Gasteiger partial charge < -0.3 is 4.90 Å². The summed E-state index contributed by atoms with van der Waals surface area (Å²) in [4.78, 5) is 34.5. The largest absolute Gasteiger partial charge is 0.332 e. The number of carbonyl (C=O) groups excluding carboxylic acids is 1. The standard InChI is InChI=1S/C28H33ClFN3O2/c1-4-25(32(17-18(2)3)27(34)19-10-6-5-7-11-19)26-31-24-13-9-8-12-21(24)28(35)33(26)20-14-15-23(30)22(29)16-20/h8-9,12-16,18-19,25H,4-7,10-11,17H2,1-3H3. The Morgan fingerprint density at radius 3 is 2.54 bits per heavy atom. The molecule has 1 heterocycles. The Labute approximate surface area is 210 Å². The Morgan fingerprint density at radius 2 is 1.89 bits per heavy atom. The molecule has 3 aromatic rings. The molecule has 0 N–H and O–H groups in total. The zero-order valence-corrected chi connectivity index (χ0v) is 21.4. The number of amides is 1. The van der Waals surface area contributed by atoms with Crippen LogP contribution in [-0.2, 0) is 4.79 Å². The van der Waals surface area contributed by atoms with Gasteiger partial charge in [0.15, 0.2) is 0 Å². The average Bonchev–Trinajstić information content (AvgIpc) is 2.86. The van der Waals surface area contributed by atoms with Gasteiger partial charge in [-0.2, -0.15) is 0 Å². The number of hydrogen-bond donors (Lipinski definition) is 0. The second-order valence-corrected chi connectivity index (χ2v) is 10.3. The fourth-order valence-corrected chi connectivity index (χ4v) is 5.31. The summed E-state index contributed by atoms with van der Waals surface area (Å²) in [5.41, 5.74) is 0.745. The van der Waals surface area contributed by atoms with Crippen molar-refractivity contribution in [2.24, 2.45) is 11.8 Å². The van der Waals surface area contributed by atoms with E-state index in [1.165, 1.54) is 29.2 Å². The van der Waals surface area contributed by atoms with Crippen molar-refractivity contribution in [2.45, 2.75) is 65.3 Å². The van der Waals surface area contributed by atoms with Crippen molar-refractivity contribution in [3.63, 3.8) is 0 Å². The van der Waals surface area contributed by atoms with Gasteiger partial charge in [0.05, 0.1) is 27.7 Å². The molecule has 0 radical (unpaired) electrons. The molecular weight excluding hydrogens is 465 g/mol. The lowest BCUT2D eigenvalue weighted by Crippen LogP contribution is -2.43. The summed E-state index contributed by atoms with van der Waals surface area (Å²) in [5.74, 6) is 0.301. The minimum absolute atomic E-state index is 0.00237. The molecule has 1 amide bonds. The van der Waals surface area contributed by atoms with E-state index in [1.807, 2.05) is 24.0 Å². The van der Waals surface area contributed by atoms with Crippen molar-refractivity contribution >= 4 is 28.4 Å². The number of benzene rings is 2. The first kappa shape index (κ1) is 25.4. The first-order chi connectivity index (χ1) is 16.8. The number of nitrogens with zero attached hydrogens (tertiary/aromatic N) is 3. The number of fused-ring (bicyclic) bond motifs is 1. The van der Waals surface area contributed by atoms with Crippen LogP contribution in [0.5, 0.6) is 0 Å². The van der Waals surface area contributed by atoms with Crippen LogP contribution in [0.1, 0.15) is 71.2 Å². The van der Waals surface area contributed by atoms with Crippen molar-refractivity contribution in [1.82, 2.24) is 14.5 Å². The van der Waals surface area contributed by atoms with Crippen LogP contribution < -0.4 is 5.56 Å². The molecule has 35 heavy (non-hydrogen) atoms. The molecule has 0 spiro atoms. The van der Waals surface area contributed by atoms with Crippen LogP contribution >= 0.6 is 11.6 Å². The molecule has 1 aliphatic carbocycles. The summed E-state index contributed by atoms with van der Waals surface area (Å²) in [5, 5.41) is 0.388. The molecule has 7 heteroatoms. The van der Waals surface area contributed by atoms with E-state index < -0.39 is 11.9 Å². The van der Waals surface area contributed by atoms with Gasteiger partial charge in [-0.05, 0) is 55.5 Å². The Bertz CT molecular complexity index is 1270. The normalized spacial score (nSPS) is 15.5. The summed E-state index contributed by atoms with van der Waals surface area (Å²) in [6, 6.07) is 11.0. The summed E-state index contributed by atoms with van der Waals surface area (Å²) >= 11 is 6.11. The van der Waals surface area contributed by atoms with Gasteiger partial charge in [0.1, 0.15) is 11.6 Å². The summed E-state index contributed by atoms with van der Waals surface area (Å²) < 4.78 is 15.5. The maximum atomic E-state index is 14.0. The molecule has 1 aliphatic rings. The van der Waals surface area contributed by atoms with E-state index >= 15 is 0 Å². The molecule has 1 unspecified atom stereocenters. The third-order valence-corrected chi connectivity index (χ3v) is 7.11. The number of rotatable bonds is 7. The SMILES string of the molecule is CCC(c1nc2ccccc2c(=O)n1-c1ccc(F)c(Cl)c1)N(CC(C)C)C(=O)C1CCCCC1. The second kappa shape index (κ2) is 10.9. The first-order valence-electron chi connectivity index (χ1n) is 12.6. The predicted molar refractivity (Wildman–Crippen MR) is 138 cm³/mol. The highest BCUT2D eigenvalue weighted by atomic mass is 35.5. The first-order valence-corrected chi connectivity index (χ1v) is 13.0. The van der Waals surface area contributed by atoms with Gasteiger partial charge in [0.2, 0.25) is 5.91 Å². The quantitative estimate of drug-likeness (QED) is 0.365. The van der Waals surface area contributed by atoms with Crippen LogP contribution in [0.15, 0.2) is 47.3 Å². The van der Waals surface area contributed by atoms with Gasteiger partial charge in [-0.25, -0.2) is 9.37 Å². The van der Waals surface area contributed by atoms with Crippen LogP contribution in [0.25, 0.3) is 16.6 Å². The third-order valence-electron chi connectivity index (χ3n) is 6.82. The fraction of sp³-hybridized carbons (Fsp3) is 0.464. The lowest BCUT2D eigenvalue weighted by Gasteiger charge is -2.36. The van der Waals surface area contributed by atoms with E-state index in [0.29, 0.717) is 35.4 Å². The molecule has 1 aromatic heterocycles. The fourth-order valence-electron chi connectivity index (χ4n) is 5.14. The molecule has 1 saturated carbocycles. The maximum absolute atomic E-state index is 14.0. The zero-order chi connectivity index (χ0) is 25.1. The average molecular weight is 498 g/mol. The van der Waals surface area contributed by atoms with Crippen molar-refractivity contribution in [1.29, 1.82) is 0 Å². The second-order valence-electron chi connectivity index (χ2n) is 9.87. The van der Waals surface area contributed by atoms with Crippen LogP contribution in [0.3, 0.4) is 0 Å². The molecular formula is C28H33ClFN3O2. The predicted octanol–water partition coefficient (Wildman–Crippen LogP) is 6.69. The number of halogens is 2. The number of hydrogen-bond acceptors (Lipinski definition) is 3. The molecule has 0 saturated heterocycles. The zero-order valence-electron chi connectivity index (χ0n) is 20.6. The third kappa shape index (κ3) is 5.27. The van der Waals surface area contributed by atoms with Crippen LogP contribution in [0, 0.1) is 17.7 Å². The summed E-state index contributed by atoms with van der Waals surface area (Å²) in [6.07, 6.45) is 5.68. The molecule has 186 valence electrons. The smallest absolute Gasteiger partial charge is 0.266 e. The van der Waals surface area contributed by atoms with E-state index in [2.05, 4.69) is 13.8 Å². The molecule has 5 nitrogen and oxygen atoms in total.